The highest BCUT2D eigenvalue weighted by Crippen LogP contribution is 2.49. The Morgan fingerprint density at radius 2 is 2.17 bits per heavy atom. The molecule has 0 spiro atoms. The van der Waals surface area contributed by atoms with Crippen molar-refractivity contribution >= 4 is 23.5 Å². The molecule has 1 aromatic carbocycles. The highest BCUT2D eigenvalue weighted by Gasteiger charge is 2.46. The topological polar surface area (TPSA) is 57.6 Å². The third-order valence-corrected chi connectivity index (χ3v) is 5.22. The number of carbonyl (C=O) groups is 2. The average Bonchev–Trinajstić information content (AvgIpc) is 3.33. The van der Waals surface area contributed by atoms with Crippen molar-refractivity contribution in [2.24, 2.45) is 11.8 Å². The minimum absolute atomic E-state index is 0.0756. The SMILES string of the molecule is O=C(O)CC[C@@H]1CCCN(C(=O)[C@@H]2C[C@H]2c2cccc(Cl)c2)C1. The lowest BCUT2D eigenvalue weighted by Gasteiger charge is -2.33. The number of amides is 1. The minimum atomic E-state index is -0.753. The zero-order valence-electron chi connectivity index (χ0n) is 13.1. The van der Waals surface area contributed by atoms with Gasteiger partial charge in [-0.25, -0.2) is 0 Å². The molecule has 2 fully saturated rings. The molecule has 23 heavy (non-hydrogen) atoms. The Balaban J connectivity index is 1.55. The first-order valence-corrected chi connectivity index (χ1v) is 8.68. The fourth-order valence-corrected chi connectivity index (χ4v) is 3.84. The van der Waals surface area contributed by atoms with Crippen LogP contribution in [0, 0.1) is 11.8 Å². The molecule has 3 rings (SSSR count). The summed E-state index contributed by atoms with van der Waals surface area (Å²) < 4.78 is 0. The molecule has 2 aliphatic rings. The Labute approximate surface area is 141 Å². The predicted molar refractivity (Wildman–Crippen MR) is 88.5 cm³/mol. The van der Waals surface area contributed by atoms with Crippen LogP contribution in [-0.2, 0) is 9.59 Å². The minimum Gasteiger partial charge on any atom is -0.481 e. The molecular formula is C18H22ClNO3. The standard InChI is InChI=1S/C18H22ClNO3/c19-14-5-1-4-13(9-14)15-10-16(15)18(23)20-8-2-3-12(11-20)6-7-17(21)22/h1,4-5,9,12,15-16H,2-3,6-8,10-11H2,(H,21,22)/t12-,15-,16+/m0/s1. The van der Waals surface area contributed by atoms with Gasteiger partial charge in [0.25, 0.3) is 0 Å². The van der Waals surface area contributed by atoms with E-state index in [-0.39, 0.29) is 18.2 Å². The summed E-state index contributed by atoms with van der Waals surface area (Å²) in [7, 11) is 0. The van der Waals surface area contributed by atoms with Gasteiger partial charge in [0.05, 0.1) is 0 Å². The molecule has 5 heteroatoms. The third-order valence-electron chi connectivity index (χ3n) is 4.98. The molecule has 1 N–H and O–H groups in total. The van der Waals surface area contributed by atoms with Crippen molar-refractivity contribution in [2.45, 2.75) is 38.0 Å². The number of hydrogen-bond acceptors (Lipinski definition) is 2. The van der Waals surface area contributed by atoms with Crippen molar-refractivity contribution in [1.29, 1.82) is 0 Å². The van der Waals surface area contributed by atoms with Crippen molar-refractivity contribution < 1.29 is 14.7 Å². The van der Waals surface area contributed by atoms with E-state index in [0.29, 0.717) is 29.8 Å². The lowest BCUT2D eigenvalue weighted by molar-refractivity contribution is -0.137. The molecule has 124 valence electrons. The van der Waals surface area contributed by atoms with Crippen molar-refractivity contribution in [3.05, 3.63) is 34.9 Å². The van der Waals surface area contributed by atoms with Crippen LogP contribution in [0.1, 0.15) is 43.6 Å². The van der Waals surface area contributed by atoms with Crippen LogP contribution in [0.25, 0.3) is 0 Å². The van der Waals surface area contributed by atoms with Gasteiger partial charge in [-0.05, 0) is 55.2 Å². The van der Waals surface area contributed by atoms with Crippen molar-refractivity contribution in [1.82, 2.24) is 4.90 Å². The number of carbonyl (C=O) groups excluding carboxylic acids is 1. The van der Waals surface area contributed by atoms with Crippen LogP contribution in [0.4, 0.5) is 0 Å². The zero-order chi connectivity index (χ0) is 16.4. The Morgan fingerprint density at radius 3 is 2.91 bits per heavy atom. The number of halogens is 1. The van der Waals surface area contributed by atoms with Crippen LogP contribution >= 0.6 is 11.6 Å². The molecule has 1 aliphatic heterocycles. The summed E-state index contributed by atoms with van der Waals surface area (Å²) in [5.74, 6) is 0.172. The lowest BCUT2D eigenvalue weighted by atomic mass is 9.93. The fraction of sp³-hybridized carbons (Fsp3) is 0.556. The van der Waals surface area contributed by atoms with Gasteiger partial charge in [-0.2, -0.15) is 0 Å². The second-order valence-corrected chi connectivity index (χ2v) is 7.17. The van der Waals surface area contributed by atoms with E-state index >= 15 is 0 Å². The van der Waals surface area contributed by atoms with E-state index < -0.39 is 5.97 Å². The number of carboxylic acid groups (broad SMARTS) is 1. The maximum absolute atomic E-state index is 12.7. The van der Waals surface area contributed by atoms with E-state index in [0.717, 1.165) is 31.4 Å². The van der Waals surface area contributed by atoms with Gasteiger partial charge in [-0.1, -0.05) is 23.7 Å². The van der Waals surface area contributed by atoms with Crippen LogP contribution in [0.15, 0.2) is 24.3 Å². The molecule has 1 aromatic rings. The highest BCUT2D eigenvalue weighted by atomic mass is 35.5. The van der Waals surface area contributed by atoms with Gasteiger partial charge < -0.3 is 10.0 Å². The van der Waals surface area contributed by atoms with E-state index in [9.17, 15) is 9.59 Å². The second-order valence-electron chi connectivity index (χ2n) is 6.73. The van der Waals surface area contributed by atoms with Gasteiger partial charge in [0.15, 0.2) is 0 Å². The zero-order valence-corrected chi connectivity index (χ0v) is 13.8. The highest BCUT2D eigenvalue weighted by molar-refractivity contribution is 6.30. The number of benzene rings is 1. The van der Waals surface area contributed by atoms with E-state index in [1.54, 1.807) is 0 Å². The largest absolute Gasteiger partial charge is 0.481 e. The third kappa shape index (κ3) is 4.05. The summed E-state index contributed by atoms with van der Waals surface area (Å²) in [6, 6.07) is 7.77. The number of likely N-dealkylation sites (tertiary alicyclic amines) is 1. The number of rotatable bonds is 5. The Hall–Kier alpha value is -1.55. The molecule has 4 nitrogen and oxygen atoms in total. The normalized spacial score (nSPS) is 26.8. The van der Waals surface area contributed by atoms with Crippen LogP contribution in [-0.4, -0.2) is 35.0 Å². The van der Waals surface area contributed by atoms with Crippen LogP contribution < -0.4 is 0 Å². The van der Waals surface area contributed by atoms with Gasteiger partial charge in [-0.15, -0.1) is 0 Å². The van der Waals surface area contributed by atoms with Gasteiger partial charge >= 0.3 is 5.97 Å². The average molecular weight is 336 g/mol. The van der Waals surface area contributed by atoms with Gasteiger partial charge in [0.2, 0.25) is 5.91 Å². The first-order valence-electron chi connectivity index (χ1n) is 8.30. The molecule has 0 bridgehead atoms. The number of piperidine rings is 1. The fourth-order valence-electron chi connectivity index (χ4n) is 3.64. The van der Waals surface area contributed by atoms with Gasteiger partial charge in [-0.3, -0.25) is 9.59 Å². The van der Waals surface area contributed by atoms with Crippen molar-refractivity contribution in [3.8, 4) is 0 Å². The predicted octanol–water partition coefficient (Wildman–Crippen LogP) is 3.55. The van der Waals surface area contributed by atoms with E-state index in [1.807, 2.05) is 29.2 Å². The summed E-state index contributed by atoms with van der Waals surface area (Å²) >= 11 is 6.03. The Kier molecular flexibility index (Phi) is 4.90. The molecule has 1 saturated carbocycles. The number of hydrogen-bond donors (Lipinski definition) is 1. The lowest BCUT2D eigenvalue weighted by Crippen LogP contribution is -2.41. The van der Waals surface area contributed by atoms with Crippen LogP contribution in [0.3, 0.4) is 0 Å². The Bertz CT molecular complexity index is 604. The quantitative estimate of drug-likeness (QED) is 0.895. The smallest absolute Gasteiger partial charge is 0.303 e. The van der Waals surface area contributed by atoms with Gasteiger partial charge in [0, 0.05) is 30.5 Å². The molecule has 1 amide bonds. The summed E-state index contributed by atoms with van der Waals surface area (Å²) in [4.78, 5) is 25.4. The van der Waals surface area contributed by atoms with Crippen molar-refractivity contribution in [3.63, 3.8) is 0 Å². The van der Waals surface area contributed by atoms with Gasteiger partial charge in [0.1, 0.15) is 0 Å². The van der Waals surface area contributed by atoms with E-state index in [4.69, 9.17) is 16.7 Å². The number of carboxylic acids is 1. The molecule has 3 atom stereocenters. The Morgan fingerprint density at radius 1 is 1.35 bits per heavy atom. The molecule has 1 saturated heterocycles. The molecule has 0 unspecified atom stereocenters. The van der Waals surface area contributed by atoms with E-state index in [2.05, 4.69) is 0 Å². The number of nitrogens with zero attached hydrogens (tertiary/aromatic N) is 1. The molecule has 1 aliphatic carbocycles. The maximum Gasteiger partial charge on any atom is 0.303 e. The summed E-state index contributed by atoms with van der Waals surface area (Å²) in [6.07, 6.45) is 3.77. The van der Waals surface area contributed by atoms with Crippen LogP contribution in [0.2, 0.25) is 5.02 Å². The molecule has 0 radical (unpaired) electrons. The molecule has 0 aromatic heterocycles. The monoisotopic (exact) mass is 335 g/mol. The summed E-state index contributed by atoms with van der Waals surface area (Å²) in [5.41, 5.74) is 1.15. The maximum atomic E-state index is 12.7. The first kappa shape index (κ1) is 16.3. The molecular weight excluding hydrogens is 314 g/mol. The summed E-state index contributed by atoms with van der Waals surface area (Å²) in [5, 5.41) is 9.52. The molecule has 1 heterocycles. The second kappa shape index (κ2) is 6.91. The van der Waals surface area contributed by atoms with E-state index in [1.165, 1.54) is 0 Å². The summed E-state index contributed by atoms with van der Waals surface area (Å²) in [6.45, 7) is 1.52. The first-order chi connectivity index (χ1) is 11.0. The number of aliphatic carboxylic acids is 1. The van der Waals surface area contributed by atoms with Crippen LogP contribution in [0.5, 0.6) is 0 Å². The van der Waals surface area contributed by atoms with Crippen molar-refractivity contribution in [2.75, 3.05) is 13.1 Å².